The van der Waals surface area contributed by atoms with E-state index in [-0.39, 0.29) is 5.91 Å². The molecule has 4 heteroatoms. The van der Waals surface area contributed by atoms with Crippen molar-refractivity contribution < 1.29 is 4.79 Å². The van der Waals surface area contributed by atoms with E-state index in [2.05, 4.69) is 17.0 Å². The zero-order chi connectivity index (χ0) is 12.7. The molecular formula is C14H19N3O. The fourth-order valence-electron chi connectivity index (χ4n) is 2.89. The van der Waals surface area contributed by atoms with Crippen LogP contribution in [-0.4, -0.2) is 26.0 Å². The van der Waals surface area contributed by atoms with Crippen LogP contribution in [0.2, 0.25) is 0 Å². The summed E-state index contributed by atoms with van der Waals surface area (Å²) in [5.74, 6) is -0.0132. The topological polar surface area (TPSA) is 49.6 Å². The summed E-state index contributed by atoms with van der Waals surface area (Å²) in [4.78, 5) is 15.9. The van der Waals surface area contributed by atoms with Gasteiger partial charge in [-0.15, -0.1) is 0 Å². The molecule has 3 rings (SSSR count). The minimum absolute atomic E-state index is 0.0132. The minimum Gasteiger partial charge on any atom is -0.371 e. The van der Waals surface area contributed by atoms with Gasteiger partial charge in [-0.3, -0.25) is 4.79 Å². The lowest BCUT2D eigenvalue weighted by molar-refractivity contribution is -0.118. The van der Waals surface area contributed by atoms with Crippen LogP contribution in [-0.2, 0) is 4.79 Å². The van der Waals surface area contributed by atoms with Crippen LogP contribution in [0.5, 0.6) is 0 Å². The molecule has 0 bridgehead atoms. The number of fused-ring (bicyclic) bond motifs is 1. The van der Waals surface area contributed by atoms with Crippen LogP contribution >= 0.6 is 0 Å². The standard InChI is InChI=1S/C14H19N3O/c1-16-12-9-10(17-7-3-2-4-8-17)5-6-11(12)13(15)14(16)18/h5-6,9,13H,2-4,7-8,15H2,1H3. The molecule has 1 aromatic rings. The number of carbonyl (C=O) groups excluding carboxylic acids is 1. The highest BCUT2D eigenvalue weighted by atomic mass is 16.2. The zero-order valence-corrected chi connectivity index (χ0v) is 10.7. The lowest BCUT2D eigenvalue weighted by Crippen LogP contribution is -2.29. The number of anilines is 2. The highest BCUT2D eigenvalue weighted by Crippen LogP contribution is 2.36. The smallest absolute Gasteiger partial charge is 0.248 e. The molecule has 4 nitrogen and oxygen atoms in total. The lowest BCUT2D eigenvalue weighted by Gasteiger charge is -2.29. The van der Waals surface area contributed by atoms with Gasteiger partial charge in [0.05, 0.1) is 5.69 Å². The number of rotatable bonds is 1. The summed E-state index contributed by atoms with van der Waals surface area (Å²) in [7, 11) is 1.80. The van der Waals surface area contributed by atoms with Crippen molar-refractivity contribution in [1.29, 1.82) is 0 Å². The maximum absolute atomic E-state index is 11.8. The van der Waals surface area contributed by atoms with Gasteiger partial charge in [-0.05, 0) is 31.4 Å². The zero-order valence-electron chi connectivity index (χ0n) is 10.7. The van der Waals surface area contributed by atoms with E-state index in [4.69, 9.17) is 5.73 Å². The maximum atomic E-state index is 11.8. The molecule has 1 aromatic carbocycles. The number of nitrogens with zero attached hydrogens (tertiary/aromatic N) is 2. The first-order chi connectivity index (χ1) is 8.68. The molecule has 18 heavy (non-hydrogen) atoms. The molecule has 0 spiro atoms. The predicted octanol–water partition coefficient (Wildman–Crippen LogP) is 1.65. The summed E-state index contributed by atoms with van der Waals surface area (Å²) < 4.78 is 0. The number of amides is 1. The highest BCUT2D eigenvalue weighted by Gasteiger charge is 2.32. The Hall–Kier alpha value is -1.55. The Morgan fingerprint density at radius 1 is 1.22 bits per heavy atom. The van der Waals surface area contributed by atoms with Crippen LogP contribution in [0.1, 0.15) is 30.9 Å². The van der Waals surface area contributed by atoms with Gasteiger partial charge in [-0.2, -0.15) is 0 Å². The molecule has 2 heterocycles. The first-order valence-electron chi connectivity index (χ1n) is 6.60. The van der Waals surface area contributed by atoms with Crippen molar-refractivity contribution in [2.75, 3.05) is 29.9 Å². The molecule has 96 valence electrons. The number of benzene rings is 1. The van der Waals surface area contributed by atoms with Gasteiger partial charge in [0.2, 0.25) is 5.91 Å². The Morgan fingerprint density at radius 2 is 1.94 bits per heavy atom. The van der Waals surface area contributed by atoms with E-state index in [1.165, 1.54) is 24.9 Å². The molecule has 0 aliphatic carbocycles. The Labute approximate surface area is 107 Å². The third-order valence-electron chi connectivity index (χ3n) is 4.03. The Morgan fingerprint density at radius 3 is 2.67 bits per heavy atom. The maximum Gasteiger partial charge on any atom is 0.248 e. The molecule has 2 N–H and O–H groups in total. The summed E-state index contributed by atoms with van der Waals surface area (Å²) in [5.41, 5.74) is 9.03. The number of hydrogen-bond acceptors (Lipinski definition) is 3. The third-order valence-corrected chi connectivity index (χ3v) is 4.03. The van der Waals surface area contributed by atoms with E-state index >= 15 is 0 Å². The van der Waals surface area contributed by atoms with Crippen LogP contribution in [0.15, 0.2) is 18.2 Å². The van der Waals surface area contributed by atoms with Crippen molar-refractivity contribution in [3.63, 3.8) is 0 Å². The predicted molar refractivity (Wildman–Crippen MR) is 72.8 cm³/mol. The number of piperidine rings is 1. The second-order valence-electron chi connectivity index (χ2n) is 5.17. The van der Waals surface area contributed by atoms with Crippen molar-refractivity contribution >= 4 is 17.3 Å². The van der Waals surface area contributed by atoms with Crippen LogP contribution in [0, 0.1) is 0 Å². The Kier molecular flexibility index (Phi) is 2.74. The Bertz CT molecular complexity index is 480. The van der Waals surface area contributed by atoms with Gasteiger partial charge in [-0.25, -0.2) is 0 Å². The molecule has 1 saturated heterocycles. The van der Waals surface area contributed by atoms with Crippen LogP contribution in [0.3, 0.4) is 0 Å². The normalized spacial score (nSPS) is 23.4. The summed E-state index contributed by atoms with van der Waals surface area (Å²) in [6.45, 7) is 2.23. The second kappa shape index (κ2) is 4.28. The van der Waals surface area contributed by atoms with Crippen molar-refractivity contribution in [2.45, 2.75) is 25.3 Å². The highest BCUT2D eigenvalue weighted by molar-refractivity contribution is 6.04. The van der Waals surface area contributed by atoms with Crippen LogP contribution in [0.4, 0.5) is 11.4 Å². The number of hydrogen-bond donors (Lipinski definition) is 1. The fraction of sp³-hybridized carbons (Fsp3) is 0.500. The average Bonchev–Trinajstić information content (AvgIpc) is 2.65. The SMILES string of the molecule is CN1C(=O)C(N)c2ccc(N3CCCCC3)cc21. The van der Waals surface area contributed by atoms with Crippen molar-refractivity contribution in [3.05, 3.63) is 23.8 Å². The van der Waals surface area contributed by atoms with Crippen molar-refractivity contribution in [3.8, 4) is 0 Å². The summed E-state index contributed by atoms with van der Waals surface area (Å²) in [6.07, 6.45) is 3.83. The molecule has 2 aliphatic rings. The van der Waals surface area contributed by atoms with Gasteiger partial charge in [0, 0.05) is 31.4 Å². The summed E-state index contributed by atoms with van der Waals surface area (Å²) in [6, 6.07) is 5.72. The van der Waals surface area contributed by atoms with Crippen molar-refractivity contribution in [2.24, 2.45) is 5.73 Å². The molecular weight excluding hydrogens is 226 g/mol. The first kappa shape index (κ1) is 11.5. The molecule has 0 radical (unpaired) electrons. The van der Waals surface area contributed by atoms with Crippen LogP contribution < -0.4 is 15.5 Å². The summed E-state index contributed by atoms with van der Waals surface area (Å²) in [5, 5.41) is 0. The molecule has 0 saturated carbocycles. The molecule has 0 aromatic heterocycles. The number of likely N-dealkylation sites (N-methyl/N-ethyl adjacent to an activating group) is 1. The van der Waals surface area contributed by atoms with Crippen LogP contribution in [0.25, 0.3) is 0 Å². The largest absolute Gasteiger partial charge is 0.371 e. The monoisotopic (exact) mass is 245 g/mol. The molecule has 1 amide bonds. The second-order valence-corrected chi connectivity index (χ2v) is 5.17. The Balaban J connectivity index is 1.94. The molecule has 1 unspecified atom stereocenters. The quantitative estimate of drug-likeness (QED) is 0.818. The van der Waals surface area contributed by atoms with Gasteiger partial charge in [0.15, 0.2) is 0 Å². The van der Waals surface area contributed by atoms with Gasteiger partial charge in [0.25, 0.3) is 0 Å². The average molecular weight is 245 g/mol. The van der Waals surface area contributed by atoms with Gasteiger partial charge >= 0.3 is 0 Å². The van der Waals surface area contributed by atoms with Crippen molar-refractivity contribution in [1.82, 2.24) is 0 Å². The van der Waals surface area contributed by atoms with E-state index in [0.29, 0.717) is 0 Å². The fourth-order valence-corrected chi connectivity index (χ4v) is 2.89. The lowest BCUT2D eigenvalue weighted by atomic mass is 10.1. The number of nitrogens with two attached hydrogens (primary N) is 1. The van der Waals surface area contributed by atoms with Gasteiger partial charge < -0.3 is 15.5 Å². The molecule has 1 fully saturated rings. The number of carbonyl (C=O) groups is 1. The van der Waals surface area contributed by atoms with E-state index in [0.717, 1.165) is 24.3 Å². The summed E-state index contributed by atoms with van der Waals surface area (Å²) >= 11 is 0. The van der Waals surface area contributed by atoms with E-state index in [9.17, 15) is 4.79 Å². The van der Waals surface area contributed by atoms with E-state index in [1.54, 1.807) is 11.9 Å². The van der Waals surface area contributed by atoms with Gasteiger partial charge in [0.1, 0.15) is 6.04 Å². The third kappa shape index (κ3) is 1.68. The molecule has 2 aliphatic heterocycles. The van der Waals surface area contributed by atoms with E-state index < -0.39 is 6.04 Å². The molecule has 1 atom stereocenters. The first-order valence-corrected chi connectivity index (χ1v) is 6.60. The van der Waals surface area contributed by atoms with Gasteiger partial charge in [-0.1, -0.05) is 6.07 Å². The minimum atomic E-state index is -0.486. The van der Waals surface area contributed by atoms with E-state index in [1.807, 2.05) is 6.07 Å².